The second-order valence-electron chi connectivity index (χ2n) is 6.49. The zero-order valence-electron chi connectivity index (χ0n) is 13.6. The smallest absolute Gasteiger partial charge is 0.172 e. The molecule has 1 aliphatic rings. The quantitative estimate of drug-likeness (QED) is 0.480. The van der Waals surface area contributed by atoms with Crippen LogP contribution in [-0.4, -0.2) is 0 Å². The molecular weight excluding hydrogens is 299 g/mol. The fraction of sp³-hybridized carbons (Fsp3) is 0.143. The summed E-state index contributed by atoms with van der Waals surface area (Å²) in [5, 5.41) is 2.91. The van der Waals surface area contributed by atoms with Gasteiger partial charge in [-0.25, -0.2) is 0 Å². The molecule has 23 heavy (non-hydrogen) atoms. The Kier molecular flexibility index (Phi) is 3.11. The molecule has 0 atom stereocenters. The molecule has 2 heteroatoms. The summed E-state index contributed by atoms with van der Waals surface area (Å²) in [5.41, 5.74) is 5.73. The van der Waals surface area contributed by atoms with Crippen molar-refractivity contribution in [2.24, 2.45) is 0 Å². The lowest BCUT2D eigenvalue weighted by molar-refractivity contribution is 0.593. The van der Waals surface area contributed by atoms with E-state index in [4.69, 9.17) is 0 Å². The molecule has 0 N–H and O–H groups in total. The molecule has 1 heterocycles. The van der Waals surface area contributed by atoms with Gasteiger partial charge in [0.05, 0.1) is 0 Å². The SMILES string of the molecule is Cc1ccc(P2(=O)c3cc(C)ccc3-c3ccc(C)cc32)cc1. The molecule has 0 aromatic heterocycles. The Morgan fingerprint density at radius 3 is 1.52 bits per heavy atom. The molecule has 0 unspecified atom stereocenters. The summed E-state index contributed by atoms with van der Waals surface area (Å²) in [6, 6.07) is 20.8. The first-order chi connectivity index (χ1) is 11.0. The number of rotatable bonds is 1. The number of aryl methyl sites for hydroxylation is 3. The van der Waals surface area contributed by atoms with Crippen LogP contribution in [0.1, 0.15) is 16.7 Å². The lowest BCUT2D eigenvalue weighted by Gasteiger charge is -2.16. The Balaban J connectivity index is 2.10. The largest absolute Gasteiger partial charge is 0.309 e. The predicted molar refractivity (Wildman–Crippen MR) is 99.0 cm³/mol. The van der Waals surface area contributed by atoms with Crippen molar-refractivity contribution in [3.05, 3.63) is 77.4 Å². The average Bonchev–Trinajstić information content (AvgIpc) is 2.78. The van der Waals surface area contributed by atoms with E-state index in [1.165, 1.54) is 5.56 Å². The van der Waals surface area contributed by atoms with Crippen molar-refractivity contribution >= 4 is 23.1 Å². The minimum absolute atomic E-state index is 0.930. The monoisotopic (exact) mass is 318 g/mol. The molecule has 1 nitrogen and oxygen atoms in total. The van der Waals surface area contributed by atoms with Crippen LogP contribution < -0.4 is 15.9 Å². The minimum Gasteiger partial charge on any atom is -0.309 e. The predicted octanol–water partition coefficient (Wildman–Crippen LogP) is 4.23. The van der Waals surface area contributed by atoms with Crippen LogP contribution >= 0.6 is 7.14 Å². The molecule has 0 fully saturated rings. The van der Waals surface area contributed by atoms with Crippen molar-refractivity contribution < 1.29 is 4.57 Å². The summed E-state index contributed by atoms with van der Waals surface area (Å²) in [6.45, 7) is 6.19. The van der Waals surface area contributed by atoms with E-state index in [0.29, 0.717) is 0 Å². The minimum atomic E-state index is -2.78. The topological polar surface area (TPSA) is 17.1 Å². The van der Waals surface area contributed by atoms with Crippen molar-refractivity contribution in [3.8, 4) is 11.1 Å². The highest BCUT2D eigenvalue weighted by molar-refractivity contribution is 7.86. The molecular formula is C21H19OP. The molecule has 0 spiro atoms. The first-order valence-electron chi connectivity index (χ1n) is 7.90. The molecule has 0 radical (unpaired) electrons. The van der Waals surface area contributed by atoms with Gasteiger partial charge >= 0.3 is 0 Å². The van der Waals surface area contributed by atoms with Crippen LogP contribution in [0.5, 0.6) is 0 Å². The second kappa shape index (κ2) is 4.94. The Morgan fingerprint density at radius 1 is 0.609 bits per heavy atom. The molecule has 1 aliphatic heterocycles. The van der Waals surface area contributed by atoms with Gasteiger partial charge in [-0.2, -0.15) is 0 Å². The average molecular weight is 318 g/mol. The first-order valence-corrected chi connectivity index (χ1v) is 9.61. The molecule has 0 aliphatic carbocycles. The second-order valence-corrected chi connectivity index (χ2v) is 9.18. The van der Waals surface area contributed by atoms with Gasteiger partial charge in [0, 0.05) is 15.9 Å². The van der Waals surface area contributed by atoms with E-state index >= 15 is 0 Å². The van der Waals surface area contributed by atoms with Crippen LogP contribution in [-0.2, 0) is 4.57 Å². The third kappa shape index (κ3) is 2.04. The fourth-order valence-electron chi connectivity index (χ4n) is 3.42. The van der Waals surface area contributed by atoms with E-state index in [-0.39, 0.29) is 0 Å². The molecule has 4 rings (SSSR count). The highest BCUT2D eigenvalue weighted by Crippen LogP contribution is 2.52. The number of benzene rings is 3. The van der Waals surface area contributed by atoms with Gasteiger partial charge in [0.25, 0.3) is 0 Å². The van der Waals surface area contributed by atoms with Gasteiger partial charge in [-0.15, -0.1) is 0 Å². The molecule has 0 bridgehead atoms. The van der Waals surface area contributed by atoms with Crippen LogP contribution in [0.15, 0.2) is 60.7 Å². The standard InChI is InChI=1S/C21H19OP/c1-14-4-8-17(9-5-14)23(22)20-12-15(2)6-10-18(20)19-11-7-16(3)13-21(19)23/h4-13H,1-3H3. The third-order valence-corrected chi connectivity index (χ3v) is 7.80. The zero-order chi connectivity index (χ0) is 16.2. The number of hydrogen-bond donors (Lipinski definition) is 0. The summed E-state index contributed by atoms with van der Waals surface area (Å²) in [5.74, 6) is 0. The van der Waals surface area contributed by atoms with E-state index < -0.39 is 7.14 Å². The zero-order valence-corrected chi connectivity index (χ0v) is 14.5. The molecule has 0 amide bonds. The maximum atomic E-state index is 14.3. The maximum absolute atomic E-state index is 14.3. The highest BCUT2D eigenvalue weighted by atomic mass is 31.2. The highest BCUT2D eigenvalue weighted by Gasteiger charge is 2.40. The summed E-state index contributed by atoms with van der Waals surface area (Å²) in [6.07, 6.45) is 0. The van der Waals surface area contributed by atoms with Crippen molar-refractivity contribution in [2.45, 2.75) is 20.8 Å². The molecule has 114 valence electrons. The lowest BCUT2D eigenvalue weighted by Crippen LogP contribution is -2.21. The van der Waals surface area contributed by atoms with Crippen LogP contribution in [0.25, 0.3) is 11.1 Å². The van der Waals surface area contributed by atoms with Crippen molar-refractivity contribution in [1.82, 2.24) is 0 Å². The fourth-order valence-corrected chi connectivity index (χ4v) is 6.65. The van der Waals surface area contributed by atoms with Gasteiger partial charge in [0.1, 0.15) is 0 Å². The van der Waals surface area contributed by atoms with E-state index in [1.54, 1.807) is 0 Å². The Morgan fingerprint density at radius 2 is 1.04 bits per heavy atom. The summed E-state index contributed by atoms with van der Waals surface area (Å²) >= 11 is 0. The molecule has 3 aromatic rings. The normalized spacial score (nSPS) is 14.4. The number of fused-ring (bicyclic) bond motifs is 3. The third-order valence-electron chi connectivity index (χ3n) is 4.67. The van der Waals surface area contributed by atoms with Gasteiger partial charge < -0.3 is 4.57 Å². The molecule has 3 aromatic carbocycles. The first kappa shape index (κ1) is 14.5. The molecule has 0 saturated carbocycles. The van der Waals surface area contributed by atoms with E-state index in [1.807, 2.05) is 12.1 Å². The molecule has 0 saturated heterocycles. The maximum Gasteiger partial charge on any atom is 0.172 e. The Bertz CT molecular complexity index is 912. The van der Waals surface area contributed by atoms with Crippen molar-refractivity contribution in [1.29, 1.82) is 0 Å². The van der Waals surface area contributed by atoms with E-state index in [2.05, 4.69) is 69.3 Å². The van der Waals surface area contributed by atoms with Gasteiger partial charge in [0.2, 0.25) is 0 Å². The van der Waals surface area contributed by atoms with Gasteiger partial charge in [-0.3, -0.25) is 0 Å². The van der Waals surface area contributed by atoms with Gasteiger partial charge in [0.15, 0.2) is 7.14 Å². The van der Waals surface area contributed by atoms with Crippen LogP contribution in [0.3, 0.4) is 0 Å². The lowest BCUT2D eigenvalue weighted by atomic mass is 10.0. The Labute approximate surface area is 137 Å². The van der Waals surface area contributed by atoms with Gasteiger partial charge in [-0.05, 0) is 44.0 Å². The summed E-state index contributed by atoms with van der Waals surface area (Å²) in [7, 11) is -2.78. The number of hydrogen-bond acceptors (Lipinski definition) is 1. The van der Waals surface area contributed by atoms with E-state index in [0.717, 1.165) is 38.2 Å². The van der Waals surface area contributed by atoms with Crippen molar-refractivity contribution in [2.75, 3.05) is 0 Å². The van der Waals surface area contributed by atoms with Crippen molar-refractivity contribution in [3.63, 3.8) is 0 Å². The summed E-state index contributed by atoms with van der Waals surface area (Å²) < 4.78 is 14.3. The Hall–Kier alpha value is -2.11. The van der Waals surface area contributed by atoms with Crippen LogP contribution in [0, 0.1) is 20.8 Å². The van der Waals surface area contributed by atoms with Crippen LogP contribution in [0.2, 0.25) is 0 Å². The van der Waals surface area contributed by atoms with E-state index in [9.17, 15) is 4.57 Å². The van der Waals surface area contributed by atoms with Crippen LogP contribution in [0.4, 0.5) is 0 Å². The van der Waals surface area contributed by atoms with Gasteiger partial charge in [-0.1, -0.05) is 65.2 Å². The summed E-state index contributed by atoms with van der Waals surface area (Å²) in [4.78, 5) is 0.